The summed E-state index contributed by atoms with van der Waals surface area (Å²) in [4.78, 5) is 2.70. The van der Waals surface area contributed by atoms with Gasteiger partial charge >= 0.3 is 0 Å². The maximum Gasteiger partial charge on any atom is 0.0931 e. The summed E-state index contributed by atoms with van der Waals surface area (Å²) in [5.41, 5.74) is 1.35. The van der Waals surface area contributed by atoms with Gasteiger partial charge in [-0.1, -0.05) is 18.5 Å². The zero-order valence-corrected chi connectivity index (χ0v) is 12.4. The van der Waals surface area contributed by atoms with Crippen LogP contribution in [0.1, 0.15) is 34.7 Å². The minimum absolute atomic E-state index is 0.299. The Bertz CT molecular complexity index is 475. The summed E-state index contributed by atoms with van der Waals surface area (Å²) in [6.07, 6.45) is 1.14. The molecule has 4 heteroatoms. The Morgan fingerprint density at radius 2 is 2.18 bits per heavy atom. The number of halogens is 1. The van der Waals surface area contributed by atoms with Crippen molar-refractivity contribution in [2.24, 2.45) is 0 Å². The monoisotopic (exact) mass is 285 g/mol. The molecule has 0 fully saturated rings. The second-order valence-corrected chi connectivity index (χ2v) is 6.69. The van der Waals surface area contributed by atoms with E-state index in [1.807, 2.05) is 17.4 Å². The third-order valence-electron chi connectivity index (χ3n) is 2.64. The molecular formula is C13H16ClNS2. The van der Waals surface area contributed by atoms with Gasteiger partial charge in [0.05, 0.1) is 10.4 Å². The van der Waals surface area contributed by atoms with Crippen molar-refractivity contribution in [1.82, 2.24) is 5.32 Å². The lowest BCUT2D eigenvalue weighted by atomic mass is 10.1. The van der Waals surface area contributed by atoms with Crippen LogP contribution in [0.15, 0.2) is 23.6 Å². The van der Waals surface area contributed by atoms with E-state index in [0.717, 1.165) is 17.3 Å². The van der Waals surface area contributed by atoms with Crippen molar-refractivity contribution >= 4 is 34.3 Å². The van der Waals surface area contributed by atoms with E-state index >= 15 is 0 Å². The molecule has 92 valence electrons. The number of hydrogen-bond acceptors (Lipinski definition) is 3. The highest BCUT2D eigenvalue weighted by atomic mass is 35.5. The molecule has 0 spiro atoms. The Morgan fingerprint density at radius 3 is 2.71 bits per heavy atom. The van der Waals surface area contributed by atoms with Crippen LogP contribution in [0, 0.1) is 6.92 Å². The second-order valence-electron chi connectivity index (χ2n) is 4.00. The van der Waals surface area contributed by atoms with E-state index in [1.165, 1.54) is 15.3 Å². The summed E-state index contributed by atoms with van der Waals surface area (Å²) < 4.78 is 0.859. The highest BCUT2D eigenvalue weighted by Gasteiger charge is 2.18. The average Bonchev–Trinajstić information content (AvgIpc) is 2.90. The van der Waals surface area contributed by atoms with Crippen molar-refractivity contribution in [1.29, 1.82) is 0 Å². The molecule has 0 aromatic carbocycles. The summed E-state index contributed by atoms with van der Waals surface area (Å²) in [7, 11) is 0. The molecule has 1 unspecified atom stereocenters. The van der Waals surface area contributed by atoms with Crippen LogP contribution in [-0.4, -0.2) is 6.54 Å². The van der Waals surface area contributed by atoms with Crippen LogP contribution in [0.2, 0.25) is 4.34 Å². The highest BCUT2D eigenvalue weighted by molar-refractivity contribution is 7.16. The first-order valence-corrected chi connectivity index (χ1v) is 7.82. The number of aryl methyl sites for hydroxylation is 1. The van der Waals surface area contributed by atoms with Crippen LogP contribution in [0.4, 0.5) is 0 Å². The molecule has 2 heterocycles. The molecule has 17 heavy (non-hydrogen) atoms. The van der Waals surface area contributed by atoms with E-state index in [-0.39, 0.29) is 0 Å². The highest BCUT2D eigenvalue weighted by Crippen LogP contribution is 2.34. The first kappa shape index (κ1) is 13.1. The van der Waals surface area contributed by atoms with E-state index < -0.39 is 0 Å². The van der Waals surface area contributed by atoms with Gasteiger partial charge in [0, 0.05) is 9.75 Å². The lowest BCUT2D eigenvalue weighted by Gasteiger charge is -2.16. The Labute approximate surface area is 115 Å². The first-order valence-electron chi connectivity index (χ1n) is 5.75. The van der Waals surface area contributed by atoms with Gasteiger partial charge in [0.1, 0.15) is 0 Å². The quantitative estimate of drug-likeness (QED) is 0.827. The van der Waals surface area contributed by atoms with Gasteiger partial charge in [-0.25, -0.2) is 0 Å². The molecule has 2 aromatic heterocycles. The van der Waals surface area contributed by atoms with Gasteiger partial charge in [0.25, 0.3) is 0 Å². The zero-order valence-electron chi connectivity index (χ0n) is 10.00. The molecule has 2 rings (SSSR count). The standard InChI is InChI=1S/C13H16ClNS2/c1-3-7-15-12(10-4-5-11(14)17-10)13-9(2)6-8-16-13/h4-6,8,12,15H,3,7H2,1-2H3. The Balaban J connectivity index is 2.28. The van der Waals surface area contributed by atoms with Crippen molar-refractivity contribution in [3.8, 4) is 0 Å². The lowest BCUT2D eigenvalue weighted by molar-refractivity contribution is 0.611. The number of thiophene rings is 2. The third kappa shape index (κ3) is 3.10. The number of hydrogen-bond donors (Lipinski definition) is 1. The van der Waals surface area contributed by atoms with Gasteiger partial charge in [-0.2, -0.15) is 0 Å². The molecule has 1 N–H and O–H groups in total. The van der Waals surface area contributed by atoms with Gasteiger partial charge in [-0.05, 0) is 49.0 Å². The fourth-order valence-electron chi connectivity index (χ4n) is 1.77. The largest absolute Gasteiger partial charge is 0.305 e. The molecule has 0 amide bonds. The maximum absolute atomic E-state index is 6.03. The van der Waals surface area contributed by atoms with Gasteiger partial charge in [0.2, 0.25) is 0 Å². The van der Waals surface area contributed by atoms with Crippen LogP contribution in [-0.2, 0) is 0 Å². The third-order valence-corrected chi connectivity index (χ3v) is 5.02. The summed E-state index contributed by atoms with van der Waals surface area (Å²) in [5, 5.41) is 5.76. The van der Waals surface area contributed by atoms with E-state index in [4.69, 9.17) is 11.6 Å². The first-order chi connectivity index (χ1) is 8.22. The molecule has 1 nitrogen and oxygen atoms in total. The fraction of sp³-hybridized carbons (Fsp3) is 0.385. The van der Waals surface area contributed by atoms with E-state index in [9.17, 15) is 0 Å². The molecule has 0 aliphatic carbocycles. The van der Waals surface area contributed by atoms with E-state index in [2.05, 4.69) is 36.7 Å². The van der Waals surface area contributed by atoms with Crippen LogP contribution in [0.5, 0.6) is 0 Å². The molecule has 0 saturated carbocycles. The number of rotatable bonds is 5. The summed E-state index contributed by atoms with van der Waals surface area (Å²) >= 11 is 9.51. The van der Waals surface area contributed by atoms with Crippen molar-refractivity contribution in [2.75, 3.05) is 6.54 Å². The predicted molar refractivity (Wildman–Crippen MR) is 78.5 cm³/mol. The second kappa shape index (κ2) is 6.01. The lowest BCUT2D eigenvalue weighted by Crippen LogP contribution is -2.22. The Hall–Kier alpha value is -0.350. The minimum Gasteiger partial charge on any atom is -0.305 e. The van der Waals surface area contributed by atoms with Crippen LogP contribution >= 0.6 is 34.3 Å². The Morgan fingerprint density at radius 1 is 1.35 bits per heavy atom. The SMILES string of the molecule is CCCNC(c1ccc(Cl)s1)c1sccc1C. The maximum atomic E-state index is 6.03. The van der Waals surface area contributed by atoms with Gasteiger partial charge < -0.3 is 5.32 Å². The van der Waals surface area contributed by atoms with E-state index in [0.29, 0.717) is 6.04 Å². The molecule has 1 atom stereocenters. The molecule has 2 aromatic rings. The van der Waals surface area contributed by atoms with Crippen molar-refractivity contribution in [3.05, 3.63) is 43.2 Å². The topological polar surface area (TPSA) is 12.0 Å². The van der Waals surface area contributed by atoms with Gasteiger partial charge in [0.15, 0.2) is 0 Å². The molecular weight excluding hydrogens is 270 g/mol. The minimum atomic E-state index is 0.299. The van der Waals surface area contributed by atoms with Crippen molar-refractivity contribution in [3.63, 3.8) is 0 Å². The van der Waals surface area contributed by atoms with Crippen LogP contribution in [0.25, 0.3) is 0 Å². The Kier molecular flexibility index (Phi) is 4.62. The predicted octanol–water partition coefficient (Wildman–Crippen LogP) is 4.86. The van der Waals surface area contributed by atoms with Crippen LogP contribution in [0.3, 0.4) is 0 Å². The molecule has 0 bridgehead atoms. The average molecular weight is 286 g/mol. The normalized spacial score (nSPS) is 12.9. The van der Waals surface area contributed by atoms with E-state index in [1.54, 1.807) is 11.3 Å². The van der Waals surface area contributed by atoms with Crippen molar-refractivity contribution < 1.29 is 0 Å². The fourth-order valence-corrected chi connectivity index (χ4v) is 4.02. The van der Waals surface area contributed by atoms with Crippen LogP contribution < -0.4 is 5.32 Å². The zero-order chi connectivity index (χ0) is 12.3. The summed E-state index contributed by atoms with van der Waals surface area (Å²) in [6, 6.07) is 6.58. The summed E-state index contributed by atoms with van der Waals surface area (Å²) in [6.45, 7) is 5.38. The molecule has 0 aliphatic heterocycles. The summed E-state index contributed by atoms with van der Waals surface area (Å²) in [5.74, 6) is 0. The smallest absolute Gasteiger partial charge is 0.0931 e. The van der Waals surface area contributed by atoms with Gasteiger partial charge in [-0.15, -0.1) is 22.7 Å². The van der Waals surface area contributed by atoms with Gasteiger partial charge in [-0.3, -0.25) is 0 Å². The molecule has 0 saturated heterocycles. The molecule has 0 aliphatic rings. The number of nitrogens with one attached hydrogen (secondary N) is 1. The van der Waals surface area contributed by atoms with Crippen molar-refractivity contribution in [2.45, 2.75) is 26.3 Å². The molecule has 0 radical (unpaired) electrons.